The van der Waals surface area contributed by atoms with Crippen molar-refractivity contribution in [1.82, 2.24) is 0 Å². The highest BCUT2D eigenvalue weighted by molar-refractivity contribution is 5.61. The van der Waals surface area contributed by atoms with E-state index in [9.17, 15) is 0 Å². The van der Waals surface area contributed by atoms with Gasteiger partial charge in [0.1, 0.15) is 0 Å². The second-order valence-electron chi connectivity index (χ2n) is 12.4. The summed E-state index contributed by atoms with van der Waals surface area (Å²) in [7, 11) is 0. The van der Waals surface area contributed by atoms with E-state index in [1.54, 1.807) is 11.1 Å². The molecule has 0 bridgehead atoms. The van der Waals surface area contributed by atoms with E-state index < -0.39 is 0 Å². The van der Waals surface area contributed by atoms with Gasteiger partial charge in [0.15, 0.2) is 0 Å². The maximum absolute atomic E-state index is 3.76. The van der Waals surface area contributed by atoms with Crippen LogP contribution in [0.2, 0.25) is 0 Å². The second kappa shape index (κ2) is 23.9. The van der Waals surface area contributed by atoms with Gasteiger partial charge in [0, 0.05) is 11.4 Å². The minimum absolute atomic E-state index is 1.20. The van der Waals surface area contributed by atoms with Crippen LogP contribution in [0.15, 0.2) is 42.5 Å². The van der Waals surface area contributed by atoms with Gasteiger partial charge in [-0.25, -0.2) is 0 Å². The summed E-state index contributed by atoms with van der Waals surface area (Å²) in [5.74, 6) is 0. The van der Waals surface area contributed by atoms with Crippen molar-refractivity contribution in [2.75, 3.05) is 5.32 Å². The Morgan fingerprint density at radius 2 is 0.850 bits per heavy atom. The molecule has 0 spiro atoms. The highest BCUT2D eigenvalue weighted by Gasteiger charge is 2.07. The Balaban J connectivity index is 1.89. The lowest BCUT2D eigenvalue weighted by molar-refractivity contribution is 0.583. The Kier molecular flexibility index (Phi) is 20.6. The summed E-state index contributed by atoms with van der Waals surface area (Å²) in [5.41, 5.74) is 7.15. The third-order valence-corrected chi connectivity index (χ3v) is 8.59. The lowest BCUT2D eigenvalue weighted by Gasteiger charge is -2.14. The van der Waals surface area contributed by atoms with Crippen molar-refractivity contribution in [3.05, 3.63) is 59.2 Å². The molecule has 2 aromatic rings. The summed E-state index contributed by atoms with van der Waals surface area (Å²) in [6.07, 6.45) is 32.7. The van der Waals surface area contributed by atoms with E-state index in [0.29, 0.717) is 0 Å². The summed E-state index contributed by atoms with van der Waals surface area (Å²) in [4.78, 5) is 0. The molecular formula is C39H65N. The van der Waals surface area contributed by atoms with Crippen molar-refractivity contribution in [3.63, 3.8) is 0 Å². The lowest BCUT2D eigenvalue weighted by Crippen LogP contribution is -1.99. The molecule has 226 valence electrons. The number of rotatable bonds is 26. The van der Waals surface area contributed by atoms with Gasteiger partial charge in [0.25, 0.3) is 0 Å². The van der Waals surface area contributed by atoms with Gasteiger partial charge in [-0.05, 0) is 79.5 Å². The highest BCUT2D eigenvalue weighted by Crippen LogP contribution is 2.25. The van der Waals surface area contributed by atoms with Crippen LogP contribution in [0.5, 0.6) is 0 Å². The molecule has 0 aliphatic carbocycles. The van der Waals surface area contributed by atoms with Gasteiger partial charge in [0.05, 0.1) is 0 Å². The van der Waals surface area contributed by atoms with E-state index in [4.69, 9.17) is 0 Å². The standard InChI is InChI=1S/C39H65N/c1-4-7-10-13-16-19-22-26-35-27-25-30-38(33-35)40-39-32-31-36(28-23-20-17-14-11-8-5-2)37(34-39)29-24-21-18-15-12-9-6-3/h25,27,30-34,40H,4-24,26,28-29H2,1-3H3. The maximum Gasteiger partial charge on any atom is 0.0387 e. The quantitative estimate of drug-likeness (QED) is 0.115. The van der Waals surface area contributed by atoms with E-state index in [1.807, 2.05) is 0 Å². The summed E-state index contributed by atoms with van der Waals surface area (Å²) >= 11 is 0. The first-order valence-corrected chi connectivity index (χ1v) is 17.7. The minimum atomic E-state index is 1.20. The van der Waals surface area contributed by atoms with Crippen LogP contribution >= 0.6 is 0 Å². The number of aryl methyl sites for hydroxylation is 3. The predicted octanol–water partition coefficient (Wildman–Crippen LogP) is 13.3. The number of hydrogen-bond acceptors (Lipinski definition) is 1. The zero-order valence-electron chi connectivity index (χ0n) is 27.0. The van der Waals surface area contributed by atoms with Crippen LogP contribution in [0.4, 0.5) is 11.4 Å². The molecular weight excluding hydrogens is 482 g/mol. The normalized spacial score (nSPS) is 11.3. The summed E-state index contributed by atoms with van der Waals surface area (Å²) in [6.45, 7) is 6.91. The van der Waals surface area contributed by atoms with Crippen molar-refractivity contribution < 1.29 is 0 Å². The molecule has 0 aliphatic rings. The molecule has 1 heteroatoms. The Hall–Kier alpha value is -1.76. The van der Waals surface area contributed by atoms with Crippen LogP contribution in [0.1, 0.15) is 172 Å². The molecule has 0 atom stereocenters. The van der Waals surface area contributed by atoms with E-state index in [2.05, 4.69) is 68.6 Å². The van der Waals surface area contributed by atoms with Crippen molar-refractivity contribution in [1.29, 1.82) is 0 Å². The average Bonchev–Trinajstić information content (AvgIpc) is 2.97. The molecule has 40 heavy (non-hydrogen) atoms. The van der Waals surface area contributed by atoms with Gasteiger partial charge in [-0.1, -0.05) is 155 Å². The molecule has 1 N–H and O–H groups in total. The average molecular weight is 548 g/mol. The van der Waals surface area contributed by atoms with Gasteiger partial charge in [-0.3, -0.25) is 0 Å². The number of unbranched alkanes of at least 4 members (excludes halogenated alkanes) is 18. The molecule has 0 aromatic heterocycles. The van der Waals surface area contributed by atoms with Crippen LogP contribution in [-0.4, -0.2) is 0 Å². The molecule has 0 saturated carbocycles. The molecule has 1 nitrogen and oxygen atoms in total. The largest absolute Gasteiger partial charge is 0.356 e. The van der Waals surface area contributed by atoms with E-state index in [1.165, 1.54) is 171 Å². The summed E-state index contributed by atoms with van der Waals surface area (Å²) in [6, 6.07) is 16.4. The van der Waals surface area contributed by atoms with Crippen molar-refractivity contribution in [2.45, 2.75) is 175 Å². The third kappa shape index (κ3) is 16.5. The zero-order chi connectivity index (χ0) is 28.5. The first-order chi connectivity index (χ1) is 19.8. The van der Waals surface area contributed by atoms with Crippen molar-refractivity contribution in [2.24, 2.45) is 0 Å². The highest BCUT2D eigenvalue weighted by atomic mass is 14.9. The zero-order valence-corrected chi connectivity index (χ0v) is 27.0. The first kappa shape index (κ1) is 34.4. The summed E-state index contributed by atoms with van der Waals surface area (Å²) in [5, 5.41) is 3.76. The number of nitrogens with one attached hydrogen (secondary N) is 1. The Morgan fingerprint density at radius 3 is 1.40 bits per heavy atom. The van der Waals surface area contributed by atoms with Crippen LogP contribution < -0.4 is 5.32 Å². The maximum atomic E-state index is 3.76. The lowest BCUT2D eigenvalue weighted by atomic mass is 9.95. The fourth-order valence-corrected chi connectivity index (χ4v) is 5.98. The van der Waals surface area contributed by atoms with Crippen molar-refractivity contribution >= 4 is 11.4 Å². The minimum Gasteiger partial charge on any atom is -0.356 e. The van der Waals surface area contributed by atoms with E-state index in [-0.39, 0.29) is 0 Å². The monoisotopic (exact) mass is 548 g/mol. The van der Waals surface area contributed by atoms with Crippen LogP contribution in [0, 0.1) is 0 Å². The number of anilines is 2. The molecule has 0 aliphatic heterocycles. The molecule has 0 heterocycles. The van der Waals surface area contributed by atoms with Gasteiger partial charge >= 0.3 is 0 Å². The molecule has 0 fully saturated rings. The molecule has 2 rings (SSSR count). The van der Waals surface area contributed by atoms with Crippen LogP contribution in [0.3, 0.4) is 0 Å². The predicted molar refractivity (Wildman–Crippen MR) is 181 cm³/mol. The first-order valence-electron chi connectivity index (χ1n) is 17.7. The van der Waals surface area contributed by atoms with E-state index in [0.717, 1.165) is 0 Å². The van der Waals surface area contributed by atoms with Crippen LogP contribution in [0.25, 0.3) is 0 Å². The van der Waals surface area contributed by atoms with Gasteiger partial charge < -0.3 is 5.32 Å². The molecule has 0 amide bonds. The Morgan fingerprint density at radius 1 is 0.400 bits per heavy atom. The molecule has 2 aromatic carbocycles. The van der Waals surface area contributed by atoms with Gasteiger partial charge in [0.2, 0.25) is 0 Å². The van der Waals surface area contributed by atoms with Gasteiger partial charge in [-0.2, -0.15) is 0 Å². The molecule has 0 unspecified atom stereocenters. The molecule has 0 saturated heterocycles. The molecule has 0 radical (unpaired) electrons. The van der Waals surface area contributed by atoms with Gasteiger partial charge in [-0.15, -0.1) is 0 Å². The SMILES string of the molecule is CCCCCCCCCc1cccc(Nc2ccc(CCCCCCCCC)c(CCCCCCCCC)c2)c1. The topological polar surface area (TPSA) is 12.0 Å². The number of benzene rings is 2. The smallest absolute Gasteiger partial charge is 0.0387 e. The second-order valence-corrected chi connectivity index (χ2v) is 12.4. The fraction of sp³-hybridized carbons (Fsp3) is 0.692. The Labute approximate surface area is 250 Å². The van der Waals surface area contributed by atoms with E-state index >= 15 is 0 Å². The summed E-state index contributed by atoms with van der Waals surface area (Å²) < 4.78 is 0. The third-order valence-electron chi connectivity index (χ3n) is 8.59. The number of hydrogen-bond donors (Lipinski definition) is 1. The fourth-order valence-electron chi connectivity index (χ4n) is 5.98. The van der Waals surface area contributed by atoms with Crippen molar-refractivity contribution in [3.8, 4) is 0 Å². The Bertz CT molecular complexity index is 854. The van der Waals surface area contributed by atoms with Crippen LogP contribution in [-0.2, 0) is 19.3 Å².